The lowest BCUT2D eigenvalue weighted by Gasteiger charge is -2.00. The minimum Gasteiger partial charge on any atom is -0.207 e. The van der Waals surface area contributed by atoms with Gasteiger partial charge < -0.3 is 0 Å². The second kappa shape index (κ2) is 3.44. The molecule has 0 saturated heterocycles. The summed E-state index contributed by atoms with van der Waals surface area (Å²) in [5, 5.41) is 0. The maximum absolute atomic E-state index is 12.4. The van der Waals surface area contributed by atoms with Crippen molar-refractivity contribution in [3.63, 3.8) is 0 Å². The highest BCUT2D eigenvalue weighted by atomic mass is 19.1. The van der Waals surface area contributed by atoms with E-state index in [2.05, 4.69) is 6.58 Å². The molecular weight excluding hydrogens is 115 g/mol. The molecule has 0 aliphatic carbocycles. The third-order valence-corrected chi connectivity index (χ3v) is 1.28. The minimum atomic E-state index is -0.294. The van der Waals surface area contributed by atoms with Gasteiger partial charge in [0.25, 0.3) is 0 Å². The van der Waals surface area contributed by atoms with Crippen LogP contribution in [0.3, 0.4) is 0 Å². The van der Waals surface area contributed by atoms with Gasteiger partial charge in [0, 0.05) is 0 Å². The maximum Gasteiger partial charge on any atom is 0.119 e. The fourth-order valence-corrected chi connectivity index (χ4v) is 0.817. The van der Waals surface area contributed by atoms with Gasteiger partial charge >= 0.3 is 0 Å². The molecule has 0 aromatic rings. The Balaban J connectivity index is 4.35. The van der Waals surface area contributed by atoms with Gasteiger partial charge in [-0.05, 0) is 25.8 Å². The topological polar surface area (TPSA) is 0 Å². The van der Waals surface area contributed by atoms with Crippen LogP contribution in [0.25, 0.3) is 0 Å². The Hall–Kier alpha value is -0.590. The van der Waals surface area contributed by atoms with Crippen LogP contribution in [0.15, 0.2) is 23.6 Å². The highest BCUT2D eigenvalue weighted by molar-refractivity contribution is 5.26. The highest BCUT2D eigenvalue weighted by Gasteiger charge is 1.98. The average Bonchev–Trinajstić information content (AvgIpc) is 1.64. The van der Waals surface area contributed by atoms with E-state index in [0.717, 1.165) is 17.6 Å². The summed E-state index contributed by atoms with van der Waals surface area (Å²) in [6, 6.07) is 0. The first-order valence-corrected chi connectivity index (χ1v) is 3.10. The summed E-state index contributed by atoms with van der Waals surface area (Å²) in [6.07, 6.45) is 0.734. The monoisotopic (exact) mass is 128 g/mol. The lowest BCUT2D eigenvalue weighted by molar-refractivity contribution is 0.644. The smallest absolute Gasteiger partial charge is 0.119 e. The summed E-state index contributed by atoms with van der Waals surface area (Å²) < 4.78 is 12.4. The second-order valence-electron chi connectivity index (χ2n) is 2.24. The molecule has 52 valence electrons. The first-order chi connectivity index (χ1) is 4.09. The maximum atomic E-state index is 12.4. The third-order valence-electron chi connectivity index (χ3n) is 1.28. The van der Waals surface area contributed by atoms with Crippen LogP contribution in [0.5, 0.6) is 0 Å². The number of halogens is 1. The molecule has 9 heavy (non-hydrogen) atoms. The highest BCUT2D eigenvalue weighted by Crippen LogP contribution is 2.16. The molecule has 0 radical (unpaired) electrons. The van der Waals surface area contributed by atoms with E-state index in [9.17, 15) is 4.39 Å². The average molecular weight is 128 g/mol. The molecule has 0 aromatic heterocycles. The van der Waals surface area contributed by atoms with Crippen LogP contribution in [0, 0.1) is 0 Å². The Morgan fingerprint density at radius 3 is 1.89 bits per heavy atom. The SMILES string of the molecule is C=C(F)C(CC)=C(C)C. The number of rotatable bonds is 2. The van der Waals surface area contributed by atoms with E-state index in [1.165, 1.54) is 0 Å². The van der Waals surface area contributed by atoms with Crippen molar-refractivity contribution < 1.29 is 4.39 Å². The zero-order chi connectivity index (χ0) is 7.44. The van der Waals surface area contributed by atoms with Gasteiger partial charge in [-0.15, -0.1) is 0 Å². The molecule has 0 nitrogen and oxygen atoms in total. The standard InChI is InChI=1S/C8H13F/c1-5-8(6(2)3)7(4)9/h4-5H2,1-3H3. The van der Waals surface area contributed by atoms with E-state index in [-0.39, 0.29) is 5.83 Å². The molecule has 0 heterocycles. The van der Waals surface area contributed by atoms with Crippen LogP contribution in [0.4, 0.5) is 4.39 Å². The van der Waals surface area contributed by atoms with Crippen molar-refractivity contribution in [2.45, 2.75) is 27.2 Å². The quantitative estimate of drug-likeness (QED) is 0.501. The van der Waals surface area contributed by atoms with Crippen molar-refractivity contribution in [3.8, 4) is 0 Å². The summed E-state index contributed by atoms with van der Waals surface area (Å²) in [6.45, 7) is 8.93. The molecule has 0 amide bonds. The van der Waals surface area contributed by atoms with Gasteiger partial charge in [0.15, 0.2) is 0 Å². The zero-order valence-electron chi connectivity index (χ0n) is 6.29. The van der Waals surface area contributed by atoms with Gasteiger partial charge in [0.2, 0.25) is 0 Å². The van der Waals surface area contributed by atoms with Crippen molar-refractivity contribution in [2.24, 2.45) is 0 Å². The predicted octanol–water partition coefficient (Wildman–Crippen LogP) is 3.22. The van der Waals surface area contributed by atoms with E-state index in [0.29, 0.717) is 0 Å². The zero-order valence-corrected chi connectivity index (χ0v) is 6.29. The molecule has 0 rings (SSSR count). The van der Waals surface area contributed by atoms with Crippen LogP contribution in [0.1, 0.15) is 27.2 Å². The van der Waals surface area contributed by atoms with Crippen LogP contribution in [-0.4, -0.2) is 0 Å². The van der Waals surface area contributed by atoms with Crippen LogP contribution >= 0.6 is 0 Å². The van der Waals surface area contributed by atoms with E-state index in [4.69, 9.17) is 0 Å². The van der Waals surface area contributed by atoms with Gasteiger partial charge in [-0.25, -0.2) is 4.39 Å². The summed E-state index contributed by atoms with van der Waals surface area (Å²) in [5.74, 6) is -0.294. The van der Waals surface area contributed by atoms with E-state index < -0.39 is 0 Å². The van der Waals surface area contributed by atoms with Gasteiger partial charge in [-0.1, -0.05) is 19.1 Å². The number of hydrogen-bond donors (Lipinski definition) is 0. The normalized spacial score (nSPS) is 8.89. The lowest BCUT2D eigenvalue weighted by Crippen LogP contribution is -1.82. The molecule has 0 aliphatic heterocycles. The van der Waals surface area contributed by atoms with Crippen molar-refractivity contribution in [1.29, 1.82) is 0 Å². The molecule has 0 aliphatic rings. The van der Waals surface area contributed by atoms with Crippen molar-refractivity contribution in [2.75, 3.05) is 0 Å². The summed E-state index contributed by atoms with van der Waals surface area (Å²) in [7, 11) is 0. The molecule has 0 aromatic carbocycles. The molecule has 1 heteroatoms. The third kappa shape index (κ3) is 2.45. The Morgan fingerprint density at radius 1 is 1.44 bits per heavy atom. The molecule has 0 saturated carbocycles. The van der Waals surface area contributed by atoms with Crippen LogP contribution < -0.4 is 0 Å². The Morgan fingerprint density at radius 2 is 1.89 bits per heavy atom. The molecule has 0 N–H and O–H groups in total. The Labute approximate surface area is 56.1 Å². The minimum absolute atomic E-state index is 0.294. The van der Waals surface area contributed by atoms with Gasteiger partial charge in [-0.3, -0.25) is 0 Å². The first kappa shape index (κ1) is 8.41. The molecular formula is C8H13F. The molecule has 0 atom stereocenters. The van der Waals surface area contributed by atoms with Gasteiger partial charge in [-0.2, -0.15) is 0 Å². The van der Waals surface area contributed by atoms with E-state index in [1.54, 1.807) is 0 Å². The van der Waals surface area contributed by atoms with E-state index in [1.807, 2.05) is 20.8 Å². The largest absolute Gasteiger partial charge is 0.207 e. The number of allylic oxidation sites excluding steroid dienone is 3. The molecule has 0 bridgehead atoms. The van der Waals surface area contributed by atoms with Gasteiger partial charge in [0.05, 0.1) is 0 Å². The van der Waals surface area contributed by atoms with Crippen LogP contribution in [-0.2, 0) is 0 Å². The first-order valence-electron chi connectivity index (χ1n) is 3.10. The number of hydrogen-bond acceptors (Lipinski definition) is 0. The molecule has 0 unspecified atom stereocenters. The van der Waals surface area contributed by atoms with E-state index >= 15 is 0 Å². The van der Waals surface area contributed by atoms with Crippen LogP contribution in [0.2, 0.25) is 0 Å². The van der Waals surface area contributed by atoms with Crippen molar-refractivity contribution in [3.05, 3.63) is 23.6 Å². The Kier molecular flexibility index (Phi) is 3.21. The fourth-order valence-electron chi connectivity index (χ4n) is 0.817. The fraction of sp³-hybridized carbons (Fsp3) is 0.500. The van der Waals surface area contributed by atoms with Gasteiger partial charge in [0.1, 0.15) is 5.83 Å². The lowest BCUT2D eigenvalue weighted by atomic mass is 10.1. The summed E-state index contributed by atoms with van der Waals surface area (Å²) in [5.41, 5.74) is 1.76. The van der Waals surface area contributed by atoms with Crippen molar-refractivity contribution in [1.82, 2.24) is 0 Å². The summed E-state index contributed by atoms with van der Waals surface area (Å²) >= 11 is 0. The van der Waals surface area contributed by atoms with Crippen molar-refractivity contribution >= 4 is 0 Å². The summed E-state index contributed by atoms with van der Waals surface area (Å²) in [4.78, 5) is 0. The second-order valence-corrected chi connectivity index (χ2v) is 2.24. The predicted molar refractivity (Wildman–Crippen MR) is 38.9 cm³/mol. The Bertz CT molecular complexity index is 139. The molecule has 0 fully saturated rings. The molecule has 0 spiro atoms.